The topological polar surface area (TPSA) is 51.1 Å². The Morgan fingerprint density at radius 2 is 1.88 bits per heavy atom. The van der Waals surface area contributed by atoms with Crippen LogP contribution in [-0.2, 0) is 23.3 Å². The van der Waals surface area contributed by atoms with Crippen molar-refractivity contribution in [3.05, 3.63) is 69.6 Å². The summed E-state index contributed by atoms with van der Waals surface area (Å²) in [6.45, 7) is 1.95. The second-order valence-corrected chi connectivity index (χ2v) is 6.85. The first-order valence-corrected chi connectivity index (χ1v) is 9.09. The molecule has 4 nitrogen and oxygen atoms in total. The second kappa shape index (κ2) is 8.93. The predicted molar refractivity (Wildman–Crippen MR) is 96.1 cm³/mol. The molecule has 0 spiro atoms. The third-order valence-electron chi connectivity index (χ3n) is 3.60. The number of alkyl halides is 3. The molecule has 1 N–H and O–H groups in total. The molecule has 1 aromatic heterocycles. The molecule has 140 valence electrons. The fourth-order valence-corrected chi connectivity index (χ4v) is 3.04. The van der Waals surface area contributed by atoms with Crippen molar-refractivity contribution in [2.75, 3.05) is 12.3 Å². The van der Waals surface area contributed by atoms with E-state index in [2.05, 4.69) is 5.32 Å². The van der Waals surface area contributed by atoms with Crippen molar-refractivity contribution in [2.24, 2.45) is 0 Å². The zero-order chi connectivity index (χ0) is 19.2. The van der Waals surface area contributed by atoms with E-state index in [1.165, 1.54) is 17.3 Å². The molecule has 0 aliphatic heterocycles. The first kappa shape index (κ1) is 20.1. The Bertz CT molecular complexity index is 801. The lowest BCUT2D eigenvalue weighted by molar-refractivity contribution is -0.139. The van der Waals surface area contributed by atoms with Gasteiger partial charge in [-0.3, -0.25) is 9.59 Å². The van der Waals surface area contributed by atoms with Crippen LogP contribution in [0.1, 0.15) is 16.7 Å². The summed E-state index contributed by atoms with van der Waals surface area (Å²) in [6.07, 6.45) is -3.56. The van der Waals surface area contributed by atoms with E-state index >= 15 is 0 Å². The van der Waals surface area contributed by atoms with Gasteiger partial charge in [-0.2, -0.15) is 24.9 Å². The zero-order valence-electron chi connectivity index (χ0n) is 14.2. The lowest BCUT2D eigenvalue weighted by Crippen LogP contribution is -2.35. The van der Waals surface area contributed by atoms with Gasteiger partial charge in [0, 0.05) is 24.2 Å². The van der Waals surface area contributed by atoms with Gasteiger partial charge in [-0.25, -0.2) is 0 Å². The molecule has 0 atom stereocenters. The minimum absolute atomic E-state index is 0.378. The monoisotopic (exact) mass is 384 g/mol. The van der Waals surface area contributed by atoms with E-state index in [0.717, 1.165) is 16.4 Å². The largest absolute Gasteiger partial charge is 0.421 e. The van der Waals surface area contributed by atoms with Crippen LogP contribution >= 0.6 is 11.8 Å². The van der Waals surface area contributed by atoms with Gasteiger partial charge in [0.05, 0.1) is 0 Å². The maximum absolute atomic E-state index is 12.7. The summed E-state index contributed by atoms with van der Waals surface area (Å²) in [5, 5.41) is 2.61. The molecule has 0 saturated carbocycles. The van der Waals surface area contributed by atoms with Crippen LogP contribution in [0.5, 0.6) is 0 Å². The third kappa shape index (κ3) is 5.94. The normalized spacial score (nSPS) is 11.4. The summed E-state index contributed by atoms with van der Waals surface area (Å²) in [5.41, 5.74) is -0.122. The Kier molecular flexibility index (Phi) is 6.90. The van der Waals surface area contributed by atoms with E-state index in [4.69, 9.17) is 0 Å². The third-order valence-corrected chi connectivity index (χ3v) is 4.63. The quantitative estimate of drug-likeness (QED) is 0.746. The maximum Gasteiger partial charge on any atom is 0.421 e. The van der Waals surface area contributed by atoms with Gasteiger partial charge in [-0.15, -0.1) is 0 Å². The number of pyridine rings is 1. The van der Waals surface area contributed by atoms with Crippen molar-refractivity contribution < 1.29 is 18.0 Å². The number of amides is 1. The van der Waals surface area contributed by atoms with Gasteiger partial charge < -0.3 is 9.88 Å². The number of nitrogens with zero attached hydrogens (tertiary/aromatic N) is 1. The summed E-state index contributed by atoms with van der Waals surface area (Å²) < 4.78 is 38.9. The number of halogens is 3. The molecule has 2 aromatic rings. The smallest absolute Gasteiger partial charge is 0.354 e. The van der Waals surface area contributed by atoms with Crippen LogP contribution in [-0.4, -0.2) is 22.8 Å². The second-order valence-electron chi connectivity index (χ2n) is 5.74. The highest BCUT2D eigenvalue weighted by molar-refractivity contribution is 7.98. The van der Waals surface area contributed by atoms with E-state index in [-0.39, 0.29) is 0 Å². The highest BCUT2D eigenvalue weighted by atomic mass is 32.2. The molecule has 26 heavy (non-hydrogen) atoms. The van der Waals surface area contributed by atoms with Crippen LogP contribution < -0.4 is 10.9 Å². The van der Waals surface area contributed by atoms with Gasteiger partial charge in [-0.1, -0.05) is 29.8 Å². The summed E-state index contributed by atoms with van der Waals surface area (Å²) in [6, 6.07) is 9.96. The van der Waals surface area contributed by atoms with E-state index in [0.29, 0.717) is 18.4 Å². The zero-order valence-corrected chi connectivity index (χ0v) is 15.0. The lowest BCUT2D eigenvalue weighted by Gasteiger charge is -2.10. The Morgan fingerprint density at radius 1 is 1.19 bits per heavy atom. The summed E-state index contributed by atoms with van der Waals surface area (Å²) in [4.78, 5) is 23.6. The van der Waals surface area contributed by atoms with Crippen LogP contribution in [0.3, 0.4) is 0 Å². The first-order chi connectivity index (χ1) is 12.3. The van der Waals surface area contributed by atoms with E-state index < -0.39 is 29.8 Å². The number of carbonyl (C=O) groups excluding carboxylic acids is 1. The number of aromatic nitrogens is 1. The van der Waals surface area contributed by atoms with Crippen LogP contribution in [0.15, 0.2) is 47.4 Å². The fraction of sp³-hybridized carbons (Fsp3) is 0.333. The molecule has 8 heteroatoms. The molecule has 0 aliphatic carbocycles. The number of hydrogen-bond acceptors (Lipinski definition) is 3. The van der Waals surface area contributed by atoms with Crippen molar-refractivity contribution in [1.29, 1.82) is 0 Å². The van der Waals surface area contributed by atoms with Crippen LogP contribution in [0.25, 0.3) is 0 Å². The van der Waals surface area contributed by atoms with Gasteiger partial charge in [-0.05, 0) is 24.6 Å². The highest BCUT2D eigenvalue weighted by Crippen LogP contribution is 2.25. The SMILES string of the molecule is Cc1ccc(CSCCNC(=O)Cn2cccc(C(F)(F)F)c2=O)cc1. The van der Waals surface area contributed by atoms with Gasteiger partial charge in [0.15, 0.2) is 0 Å². The molecule has 1 aromatic carbocycles. The molecule has 2 rings (SSSR count). The Labute approximate surface area is 153 Å². The number of nitrogens with one attached hydrogen (secondary N) is 1. The summed E-state index contributed by atoms with van der Waals surface area (Å²) >= 11 is 1.64. The number of hydrogen-bond donors (Lipinski definition) is 1. The van der Waals surface area contributed by atoms with Crippen molar-refractivity contribution in [3.8, 4) is 0 Å². The number of rotatable bonds is 7. The molecule has 0 aliphatic rings. The summed E-state index contributed by atoms with van der Waals surface area (Å²) in [7, 11) is 0. The molecule has 1 heterocycles. The lowest BCUT2D eigenvalue weighted by atomic mass is 10.2. The van der Waals surface area contributed by atoms with Gasteiger partial charge >= 0.3 is 6.18 Å². The van der Waals surface area contributed by atoms with Crippen molar-refractivity contribution in [3.63, 3.8) is 0 Å². The minimum atomic E-state index is -4.73. The first-order valence-electron chi connectivity index (χ1n) is 7.94. The number of carbonyl (C=O) groups is 1. The van der Waals surface area contributed by atoms with E-state index in [1.807, 2.05) is 31.2 Å². The maximum atomic E-state index is 12.7. The molecule has 0 saturated heterocycles. The molecule has 0 bridgehead atoms. The van der Waals surface area contributed by atoms with E-state index in [9.17, 15) is 22.8 Å². The van der Waals surface area contributed by atoms with Crippen molar-refractivity contribution in [2.45, 2.75) is 25.4 Å². The predicted octanol–water partition coefficient (Wildman–Crippen LogP) is 3.23. The Hall–Kier alpha value is -2.22. The standard InChI is InChI=1S/C18H19F3N2O2S/c1-13-4-6-14(7-5-13)12-26-10-8-22-16(24)11-23-9-2-3-15(17(23)25)18(19,20)21/h2-7,9H,8,10-12H2,1H3,(H,22,24). The van der Waals surface area contributed by atoms with E-state index in [1.54, 1.807) is 11.8 Å². The minimum Gasteiger partial charge on any atom is -0.354 e. The van der Waals surface area contributed by atoms with Crippen molar-refractivity contribution in [1.82, 2.24) is 9.88 Å². The molecule has 0 radical (unpaired) electrons. The number of thioether (sulfide) groups is 1. The van der Waals surface area contributed by atoms with Crippen LogP contribution in [0.2, 0.25) is 0 Å². The van der Waals surface area contributed by atoms with Gasteiger partial charge in [0.1, 0.15) is 12.1 Å². The highest BCUT2D eigenvalue weighted by Gasteiger charge is 2.34. The molecular weight excluding hydrogens is 365 g/mol. The fourth-order valence-electron chi connectivity index (χ4n) is 2.22. The number of aryl methyl sites for hydroxylation is 1. The molecule has 0 fully saturated rings. The average Bonchev–Trinajstić information content (AvgIpc) is 2.57. The Morgan fingerprint density at radius 3 is 2.54 bits per heavy atom. The Balaban J connectivity index is 1.77. The molecule has 0 unspecified atom stereocenters. The average molecular weight is 384 g/mol. The number of benzene rings is 1. The van der Waals surface area contributed by atoms with Gasteiger partial charge in [0.2, 0.25) is 5.91 Å². The summed E-state index contributed by atoms with van der Waals surface area (Å²) in [5.74, 6) is 0.975. The van der Waals surface area contributed by atoms with Crippen LogP contribution in [0.4, 0.5) is 13.2 Å². The van der Waals surface area contributed by atoms with Gasteiger partial charge in [0.25, 0.3) is 5.56 Å². The van der Waals surface area contributed by atoms with Crippen LogP contribution in [0, 0.1) is 6.92 Å². The molecular formula is C18H19F3N2O2S. The molecule has 1 amide bonds. The van der Waals surface area contributed by atoms with Crippen molar-refractivity contribution >= 4 is 17.7 Å².